The fourth-order valence-corrected chi connectivity index (χ4v) is 5.99. The van der Waals surface area contributed by atoms with Gasteiger partial charge in [-0.25, -0.2) is 4.98 Å². The maximum Gasteiger partial charge on any atom is 0.263 e. The fourth-order valence-electron chi connectivity index (χ4n) is 3.88. The summed E-state index contributed by atoms with van der Waals surface area (Å²) in [5.41, 5.74) is 1.96. The third-order valence-corrected chi connectivity index (χ3v) is 7.76. The Morgan fingerprint density at radius 2 is 2.09 bits per heavy atom. The highest BCUT2D eigenvalue weighted by Crippen LogP contribution is 2.34. The Bertz CT molecular complexity index is 1250. The smallest absolute Gasteiger partial charge is 0.263 e. The molecular weight excluding hydrogens is 442 g/mol. The van der Waals surface area contributed by atoms with Crippen LogP contribution in [0.25, 0.3) is 10.2 Å². The lowest BCUT2D eigenvalue weighted by atomic mass is 9.92. The number of thioether (sulfide) groups is 1. The number of aryl methyl sites for hydroxylation is 3. The van der Waals surface area contributed by atoms with E-state index in [1.54, 1.807) is 26.7 Å². The Labute approximate surface area is 195 Å². The van der Waals surface area contributed by atoms with Crippen LogP contribution in [0.5, 0.6) is 0 Å². The maximum atomic E-state index is 13.3. The van der Waals surface area contributed by atoms with E-state index < -0.39 is 0 Å². The molecule has 0 aliphatic heterocycles. The molecular formula is C23H29N5O2S2. The predicted octanol–water partition coefficient (Wildman–Crippen LogP) is 4.28. The minimum atomic E-state index is -0.163. The van der Waals surface area contributed by atoms with Crippen LogP contribution in [-0.4, -0.2) is 31.0 Å². The summed E-state index contributed by atoms with van der Waals surface area (Å²) in [7, 11) is 1.81. The normalized spacial score (nSPS) is 13.9. The molecule has 3 aromatic heterocycles. The SMILES string of the molecule is C=CCn1c(SCC(=O)Nc2cc(C(C)(C)C)nn2C)nc2sc3c(c2c1=O)CCCC3. The van der Waals surface area contributed by atoms with Crippen molar-refractivity contribution in [1.82, 2.24) is 19.3 Å². The van der Waals surface area contributed by atoms with E-state index in [1.165, 1.54) is 22.2 Å². The first-order chi connectivity index (χ1) is 15.2. The van der Waals surface area contributed by atoms with Gasteiger partial charge in [0, 0.05) is 30.0 Å². The standard InChI is InChI=1S/C23H29N5O2S2/c1-6-11-28-21(30)19-14-9-7-8-10-15(14)32-20(19)25-22(28)31-13-18(29)24-17-12-16(23(2,3)4)26-27(17)5/h6,12H,1,7-11,13H2,2-5H3,(H,24,29). The second-order valence-corrected chi connectivity index (χ2v) is 11.1. The number of thiophene rings is 1. The zero-order valence-corrected chi connectivity index (χ0v) is 20.7. The van der Waals surface area contributed by atoms with Crippen molar-refractivity contribution in [3.05, 3.63) is 45.2 Å². The van der Waals surface area contributed by atoms with Crippen LogP contribution >= 0.6 is 23.1 Å². The van der Waals surface area contributed by atoms with Gasteiger partial charge in [0.25, 0.3) is 5.56 Å². The van der Waals surface area contributed by atoms with Crippen molar-refractivity contribution < 1.29 is 4.79 Å². The number of nitrogens with zero attached hydrogens (tertiary/aromatic N) is 4. The van der Waals surface area contributed by atoms with Gasteiger partial charge in [0.05, 0.1) is 16.8 Å². The number of fused-ring (bicyclic) bond motifs is 3. The van der Waals surface area contributed by atoms with Crippen molar-refractivity contribution in [3.63, 3.8) is 0 Å². The molecule has 1 aliphatic carbocycles. The molecule has 9 heteroatoms. The van der Waals surface area contributed by atoms with Gasteiger partial charge in [0.1, 0.15) is 10.6 Å². The van der Waals surface area contributed by atoms with Gasteiger partial charge in [-0.1, -0.05) is 38.6 Å². The third kappa shape index (κ3) is 4.41. The molecule has 1 amide bonds. The molecule has 4 rings (SSSR count). The Hall–Kier alpha value is -2.39. The molecule has 0 radical (unpaired) electrons. The molecule has 0 atom stereocenters. The zero-order chi connectivity index (χ0) is 23.0. The summed E-state index contributed by atoms with van der Waals surface area (Å²) in [6, 6.07) is 1.90. The van der Waals surface area contributed by atoms with Crippen molar-refractivity contribution >= 4 is 45.0 Å². The van der Waals surface area contributed by atoms with Crippen LogP contribution in [-0.2, 0) is 36.6 Å². The van der Waals surface area contributed by atoms with Crippen molar-refractivity contribution in [1.29, 1.82) is 0 Å². The first kappa shape index (κ1) is 22.8. The van der Waals surface area contributed by atoms with Crippen LogP contribution in [0.2, 0.25) is 0 Å². The van der Waals surface area contributed by atoms with Crippen LogP contribution in [0.4, 0.5) is 5.82 Å². The number of amides is 1. The molecule has 1 aliphatic rings. The average molecular weight is 472 g/mol. The second kappa shape index (κ2) is 8.86. The first-order valence-electron chi connectivity index (χ1n) is 10.8. The van der Waals surface area contributed by atoms with Crippen molar-refractivity contribution in [2.24, 2.45) is 7.05 Å². The number of carbonyl (C=O) groups excluding carboxylic acids is 1. The molecule has 0 bridgehead atoms. The van der Waals surface area contributed by atoms with E-state index in [-0.39, 0.29) is 22.6 Å². The molecule has 32 heavy (non-hydrogen) atoms. The van der Waals surface area contributed by atoms with Crippen molar-refractivity contribution in [2.75, 3.05) is 11.1 Å². The zero-order valence-electron chi connectivity index (χ0n) is 19.0. The predicted molar refractivity (Wildman–Crippen MR) is 132 cm³/mol. The summed E-state index contributed by atoms with van der Waals surface area (Å²) < 4.78 is 3.31. The Morgan fingerprint density at radius 3 is 2.78 bits per heavy atom. The number of hydrogen-bond donors (Lipinski definition) is 1. The van der Waals surface area contributed by atoms with Crippen LogP contribution in [0.3, 0.4) is 0 Å². The topological polar surface area (TPSA) is 81.8 Å². The van der Waals surface area contributed by atoms with E-state index in [9.17, 15) is 9.59 Å². The van der Waals surface area contributed by atoms with Gasteiger partial charge in [0.2, 0.25) is 5.91 Å². The van der Waals surface area contributed by atoms with E-state index in [0.717, 1.165) is 41.6 Å². The molecule has 3 heterocycles. The number of nitrogens with one attached hydrogen (secondary N) is 1. The highest BCUT2D eigenvalue weighted by molar-refractivity contribution is 7.99. The fraction of sp³-hybridized carbons (Fsp3) is 0.478. The van der Waals surface area contributed by atoms with Gasteiger partial charge in [0.15, 0.2) is 5.16 Å². The van der Waals surface area contributed by atoms with Crippen molar-refractivity contribution in [3.8, 4) is 0 Å². The van der Waals surface area contributed by atoms with Gasteiger partial charge >= 0.3 is 0 Å². The average Bonchev–Trinajstić information content (AvgIpc) is 3.29. The largest absolute Gasteiger partial charge is 0.310 e. The number of rotatable bonds is 6. The number of aromatic nitrogens is 4. The summed E-state index contributed by atoms with van der Waals surface area (Å²) in [4.78, 5) is 32.8. The lowest BCUT2D eigenvalue weighted by Gasteiger charge is -2.13. The van der Waals surface area contributed by atoms with Gasteiger partial charge < -0.3 is 5.32 Å². The van der Waals surface area contributed by atoms with Crippen LogP contribution in [0, 0.1) is 0 Å². The molecule has 0 unspecified atom stereocenters. The lowest BCUT2D eigenvalue weighted by molar-refractivity contribution is -0.113. The van der Waals surface area contributed by atoms with E-state index in [2.05, 4.69) is 37.8 Å². The minimum Gasteiger partial charge on any atom is -0.310 e. The molecule has 7 nitrogen and oxygen atoms in total. The molecule has 170 valence electrons. The highest BCUT2D eigenvalue weighted by Gasteiger charge is 2.23. The third-order valence-electron chi connectivity index (χ3n) is 5.60. The molecule has 0 spiro atoms. The number of carbonyl (C=O) groups is 1. The molecule has 0 fully saturated rings. The van der Waals surface area contributed by atoms with E-state index >= 15 is 0 Å². The van der Waals surface area contributed by atoms with E-state index in [1.807, 2.05) is 13.1 Å². The summed E-state index contributed by atoms with van der Waals surface area (Å²) in [5.74, 6) is 0.637. The molecule has 0 aromatic carbocycles. The van der Waals surface area contributed by atoms with Gasteiger partial charge in [-0.15, -0.1) is 17.9 Å². The monoisotopic (exact) mass is 471 g/mol. The minimum absolute atomic E-state index is 0.0290. The van der Waals surface area contributed by atoms with E-state index in [4.69, 9.17) is 4.98 Å². The Balaban J connectivity index is 1.57. The first-order valence-corrected chi connectivity index (χ1v) is 12.6. The summed E-state index contributed by atoms with van der Waals surface area (Å²) in [6.45, 7) is 10.4. The number of hydrogen-bond acceptors (Lipinski definition) is 6. The van der Waals surface area contributed by atoms with Crippen LogP contribution in [0.1, 0.15) is 49.7 Å². The van der Waals surface area contributed by atoms with Gasteiger partial charge in [-0.3, -0.25) is 18.8 Å². The molecule has 1 N–H and O–H groups in total. The van der Waals surface area contributed by atoms with Crippen LogP contribution < -0.4 is 10.9 Å². The summed E-state index contributed by atoms with van der Waals surface area (Å²) >= 11 is 2.90. The maximum absolute atomic E-state index is 13.3. The van der Waals surface area contributed by atoms with E-state index in [0.29, 0.717) is 17.5 Å². The Kier molecular flexibility index (Phi) is 6.31. The lowest BCUT2D eigenvalue weighted by Crippen LogP contribution is -2.24. The van der Waals surface area contributed by atoms with Gasteiger partial charge in [-0.05, 0) is 31.2 Å². The second-order valence-electron chi connectivity index (χ2n) is 9.12. The molecule has 0 saturated carbocycles. The number of anilines is 1. The summed E-state index contributed by atoms with van der Waals surface area (Å²) in [6.07, 6.45) is 5.93. The molecule has 3 aromatic rings. The quantitative estimate of drug-likeness (QED) is 0.330. The molecule has 0 saturated heterocycles. The van der Waals surface area contributed by atoms with Crippen LogP contribution in [0.15, 0.2) is 28.7 Å². The number of allylic oxidation sites excluding steroid dienone is 1. The van der Waals surface area contributed by atoms with Crippen molar-refractivity contribution in [2.45, 2.75) is 63.6 Å². The summed E-state index contributed by atoms with van der Waals surface area (Å²) in [5, 5.41) is 8.73. The highest BCUT2D eigenvalue weighted by atomic mass is 32.2. The Morgan fingerprint density at radius 1 is 1.34 bits per heavy atom. The van der Waals surface area contributed by atoms with Gasteiger partial charge in [-0.2, -0.15) is 5.10 Å².